The third-order valence-corrected chi connectivity index (χ3v) is 2.54. The molecule has 0 saturated carbocycles. The summed E-state index contributed by atoms with van der Waals surface area (Å²) < 4.78 is 5.15. The third kappa shape index (κ3) is 2.12. The smallest absolute Gasteiger partial charge is 0.152 e. The van der Waals surface area contributed by atoms with Gasteiger partial charge in [-0.3, -0.25) is 0 Å². The molecule has 0 spiro atoms. The molecule has 0 amide bonds. The van der Waals surface area contributed by atoms with E-state index in [1.807, 2.05) is 23.6 Å². The zero-order chi connectivity index (χ0) is 9.80. The summed E-state index contributed by atoms with van der Waals surface area (Å²) in [5.74, 6) is 0.890. The van der Waals surface area contributed by atoms with Gasteiger partial charge in [-0.25, -0.2) is 4.98 Å². The van der Waals surface area contributed by atoms with Crippen LogP contribution in [0.2, 0.25) is 0 Å². The number of rotatable bonds is 3. The van der Waals surface area contributed by atoms with Gasteiger partial charge in [0, 0.05) is 11.8 Å². The van der Waals surface area contributed by atoms with Crippen molar-refractivity contribution in [3.63, 3.8) is 0 Å². The van der Waals surface area contributed by atoms with E-state index >= 15 is 0 Å². The summed E-state index contributed by atoms with van der Waals surface area (Å²) in [4.78, 5) is 4.12. The Hall–Kier alpha value is -1.35. The fourth-order valence-corrected chi connectivity index (χ4v) is 1.77. The summed E-state index contributed by atoms with van der Waals surface area (Å²) in [6.07, 6.45) is 0.844. The first-order valence-corrected chi connectivity index (χ1v) is 5.20. The van der Waals surface area contributed by atoms with Crippen LogP contribution in [0, 0.1) is 5.51 Å². The lowest BCUT2D eigenvalue weighted by Gasteiger charge is -2.02. The van der Waals surface area contributed by atoms with Gasteiger partial charge in [-0.15, -0.1) is 11.3 Å². The van der Waals surface area contributed by atoms with Crippen LogP contribution in [-0.4, -0.2) is 12.1 Å². The zero-order valence-corrected chi connectivity index (χ0v) is 8.67. The number of nitrogens with zero attached hydrogens (tertiary/aromatic N) is 1. The van der Waals surface area contributed by atoms with Crippen LogP contribution in [-0.2, 0) is 6.42 Å². The molecule has 1 heterocycles. The summed E-state index contributed by atoms with van der Waals surface area (Å²) in [7, 11) is 1.68. The molecule has 0 saturated heterocycles. The number of hydrogen-bond donors (Lipinski definition) is 0. The highest BCUT2D eigenvalue weighted by Crippen LogP contribution is 2.15. The minimum absolute atomic E-state index is 0.844. The minimum Gasteiger partial charge on any atom is -0.497 e. The predicted molar refractivity (Wildman–Crippen MR) is 56.8 cm³/mol. The summed E-state index contributed by atoms with van der Waals surface area (Å²) in [6, 6.07) is 8.03. The summed E-state index contributed by atoms with van der Waals surface area (Å²) in [5, 5.41) is 2.01. The Balaban J connectivity index is 2.17. The monoisotopic (exact) mass is 204 g/mol. The van der Waals surface area contributed by atoms with Crippen molar-refractivity contribution in [2.24, 2.45) is 0 Å². The van der Waals surface area contributed by atoms with Gasteiger partial charge >= 0.3 is 0 Å². The van der Waals surface area contributed by atoms with Gasteiger partial charge in [0.25, 0.3) is 0 Å². The van der Waals surface area contributed by atoms with Crippen LogP contribution in [0.4, 0.5) is 0 Å². The molecule has 0 atom stereocenters. The molecule has 0 unspecified atom stereocenters. The molecule has 0 fully saturated rings. The molecule has 2 rings (SSSR count). The standard InChI is InChI=1S/C11H10NOS/c1-13-11-4-2-3-9(6-11)5-10-7-14-8-12-10/h2-4,6-7H,5H2,1H3. The second kappa shape index (κ2) is 4.24. The molecule has 0 aliphatic carbocycles. The molecule has 0 aliphatic rings. The zero-order valence-electron chi connectivity index (χ0n) is 7.86. The molecule has 3 heteroatoms. The lowest BCUT2D eigenvalue weighted by Crippen LogP contribution is -1.89. The van der Waals surface area contributed by atoms with Crippen molar-refractivity contribution in [3.8, 4) is 5.75 Å². The van der Waals surface area contributed by atoms with Gasteiger partial charge in [-0.05, 0) is 17.7 Å². The van der Waals surface area contributed by atoms with Crippen LogP contribution in [0.3, 0.4) is 0 Å². The van der Waals surface area contributed by atoms with Crippen LogP contribution in [0.1, 0.15) is 11.3 Å². The third-order valence-electron chi connectivity index (χ3n) is 1.96. The normalized spacial score (nSPS) is 10.1. The molecular formula is C11H10NOS. The lowest BCUT2D eigenvalue weighted by molar-refractivity contribution is 0.414. The van der Waals surface area contributed by atoms with E-state index in [0.717, 1.165) is 17.9 Å². The quantitative estimate of drug-likeness (QED) is 0.766. The Morgan fingerprint density at radius 3 is 3.14 bits per heavy atom. The van der Waals surface area contributed by atoms with Gasteiger partial charge in [0.15, 0.2) is 5.51 Å². The van der Waals surface area contributed by atoms with Crippen LogP contribution in [0.15, 0.2) is 29.6 Å². The molecule has 2 aromatic rings. The van der Waals surface area contributed by atoms with E-state index in [4.69, 9.17) is 4.74 Å². The Labute approximate surface area is 87.2 Å². The molecule has 1 aromatic carbocycles. The van der Waals surface area contributed by atoms with Crippen molar-refractivity contribution in [2.45, 2.75) is 6.42 Å². The Morgan fingerprint density at radius 2 is 2.43 bits per heavy atom. The molecule has 71 valence electrons. The molecule has 2 nitrogen and oxygen atoms in total. The second-order valence-electron chi connectivity index (χ2n) is 2.96. The summed E-state index contributed by atoms with van der Waals surface area (Å²) in [5.41, 5.74) is 5.11. The number of thiazole rings is 1. The van der Waals surface area contributed by atoms with Crippen LogP contribution in [0.25, 0.3) is 0 Å². The van der Waals surface area contributed by atoms with Crippen molar-refractivity contribution in [2.75, 3.05) is 7.11 Å². The Morgan fingerprint density at radius 1 is 1.50 bits per heavy atom. The van der Waals surface area contributed by atoms with Crippen LogP contribution >= 0.6 is 11.3 Å². The number of benzene rings is 1. The SMILES string of the molecule is COc1cccc(Cc2cs[c]n2)c1. The van der Waals surface area contributed by atoms with Crippen molar-refractivity contribution in [1.82, 2.24) is 4.98 Å². The predicted octanol–water partition coefficient (Wildman–Crippen LogP) is 2.54. The molecule has 0 N–H and O–H groups in total. The largest absolute Gasteiger partial charge is 0.497 e. The van der Waals surface area contributed by atoms with Gasteiger partial charge < -0.3 is 4.74 Å². The van der Waals surface area contributed by atoms with E-state index in [2.05, 4.69) is 16.6 Å². The first kappa shape index (κ1) is 9.21. The fraction of sp³-hybridized carbons (Fsp3) is 0.182. The number of hydrogen-bond acceptors (Lipinski definition) is 3. The highest BCUT2D eigenvalue weighted by atomic mass is 32.1. The maximum absolute atomic E-state index is 5.15. The maximum Gasteiger partial charge on any atom is 0.152 e. The van der Waals surface area contributed by atoms with Gasteiger partial charge in [0.2, 0.25) is 0 Å². The Bertz CT molecular complexity index is 397. The minimum atomic E-state index is 0.844. The number of methoxy groups -OCH3 is 1. The average Bonchev–Trinajstić information content (AvgIpc) is 2.71. The number of ether oxygens (including phenoxy) is 1. The van der Waals surface area contributed by atoms with Crippen molar-refractivity contribution in [1.29, 1.82) is 0 Å². The van der Waals surface area contributed by atoms with E-state index in [9.17, 15) is 0 Å². The highest BCUT2D eigenvalue weighted by molar-refractivity contribution is 7.07. The number of aromatic nitrogens is 1. The van der Waals surface area contributed by atoms with E-state index in [0.29, 0.717) is 0 Å². The van der Waals surface area contributed by atoms with E-state index in [-0.39, 0.29) is 0 Å². The Kier molecular flexibility index (Phi) is 2.79. The first-order valence-electron chi connectivity index (χ1n) is 4.32. The fourth-order valence-electron chi connectivity index (χ4n) is 1.28. The molecule has 14 heavy (non-hydrogen) atoms. The topological polar surface area (TPSA) is 22.1 Å². The van der Waals surface area contributed by atoms with Gasteiger partial charge in [-0.1, -0.05) is 12.1 Å². The summed E-state index contributed by atoms with van der Waals surface area (Å²) >= 11 is 1.50. The maximum atomic E-state index is 5.15. The molecule has 1 aromatic heterocycles. The van der Waals surface area contributed by atoms with Gasteiger partial charge in [0.05, 0.1) is 12.8 Å². The molecule has 0 bridgehead atoms. The molecule has 1 radical (unpaired) electrons. The summed E-state index contributed by atoms with van der Waals surface area (Å²) in [6.45, 7) is 0. The first-order chi connectivity index (χ1) is 6.88. The van der Waals surface area contributed by atoms with Crippen LogP contribution < -0.4 is 4.74 Å². The van der Waals surface area contributed by atoms with Gasteiger partial charge in [-0.2, -0.15) is 0 Å². The van der Waals surface area contributed by atoms with Gasteiger partial charge in [0.1, 0.15) is 5.75 Å². The van der Waals surface area contributed by atoms with Crippen LogP contribution in [0.5, 0.6) is 5.75 Å². The van der Waals surface area contributed by atoms with E-state index in [1.165, 1.54) is 16.9 Å². The molecular weight excluding hydrogens is 194 g/mol. The van der Waals surface area contributed by atoms with Crippen molar-refractivity contribution >= 4 is 11.3 Å². The van der Waals surface area contributed by atoms with E-state index in [1.54, 1.807) is 7.11 Å². The average molecular weight is 204 g/mol. The second-order valence-corrected chi connectivity index (χ2v) is 3.61. The molecule has 0 aliphatic heterocycles. The lowest BCUT2D eigenvalue weighted by atomic mass is 10.1. The van der Waals surface area contributed by atoms with Crippen molar-refractivity contribution < 1.29 is 4.74 Å². The highest BCUT2D eigenvalue weighted by Gasteiger charge is 1.99. The van der Waals surface area contributed by atoms with E-state index < -0.39 is 0 Å². The van der Waals surface area contributed by atoms with Crippen molar-refractivity contribution in [3.05, 3.63) is 46.4 Å².